The predicted octanol–water partition coefficient (Wildman–Crippen LogP) is 3.80. The summed E-state index contributed by atoms with van der Waals surface area (Å²) < 4.78 is 5.29. The van der Waals surface area contributed by atoms with Gasteiger partial charge in [-0.1, -0.05) is 39.0 Å². The molecule has 0 atom stereocenters. The first-order chi connectivity index (χ1) is 9.37. The van der Waals surface area contributed by atoms with Crippen molar-refractivity contribution in [2.45, 2.75) is 71.8 Å². The Bertz CT molecular complexity index is 249. The van der Waals surface area contributed by atoms with Crippen LogP contribution in [-0.4, -0.2) is 43.3 Å². The number of unbranched alkanes of at least 4 members (excludes halogenated alkanes) is 5. The summed E-state index contributed by atoms with van der Waals surface area (Å²) in [5, 5.41) is 3.38. The van der Waals surface area contributed by atoms with Crippen molar-refractivity contribution in [2.75, 3.05) is 26.7 Å². The summed E-state index contributed by atoms with van der Waals surface area (Å²) in [6, 6.07) is 0. The zero-order valence-electron chi connectivity index (χ0n) is 14.1. The summed E-state index contributed by atoms with van der Waals surface area (Å²) >= 11 is 0. The molecular weight excluding hydrogens is 252 g/mol. The van der Waals surface area contributed by atoms with E-state index in [9.17, 15) is 4.79 Å². The molecule has 120 valence electrons. The summed E-state index contributed by atoms with van der Waals surface area (Å²) in [6.07, 6.45) is 7.63. The normalized spacial score (nSPS) is 11.4. The van der Waals surface area contributed by atoms with E-state index in [0.717, 1.165) is 13.1 Å². The molecule has 0 unspecified atom stereocenters. The third-order valence-corrected chi connectivity index (χ3v) is 3.04. The standard InChI is InChI=1S/C16H34N2O2/c1-6-7-8-9-10-11-12-17-13-14-18(5)15(19)20-16(2,3)4/h17H,6-14H2,1-5H3. The van der Waals surface area contributed by atoms with Gasteiger partial charge in [0.15, 0.2) is 0 Å². The van der Waals surface area contributed by atoms with Gasteiger partial charge in [0.2, 0.25) is 0 Å². The lowest BCUT2D eigenvalue weighted by molar-refractivity contribution is 0.0300. The van der Waals surface area contributed by atoms with Crippen LogP contribution in [0, 0.1) is 0 Å². The van der Waals surface area contributed by atoms with Gasteiger partial charge in [-0.25, -0.2) is 4.79 Å². The number of likely N-dealkylation sites (N-methyl/N-ethyl adjacent to an activating group) is 1. The smallest absolute Gasteiger partial charge is 0.410 e. The first-order valence-electron chi connectivity index (χ1n) is 8.01. The maximum absolute atomic E-state index is 11.7. The van der Waals surface area contributed by atoms with Gasteiger partial charge in [0.25, 0.3) is 0 Å². The van der Waals surface area contributed by atoms with Crippen LogP contribution in [0.15, 0.2) is 0 Å². The van der Waals surface area contributed by atoms with Crippen molar-refractivity contribution in [3.05, 3.63) is 0 Å². The fraction of sp³-hybridized carbons (Fsp3) is 0.938. The van der Waals surface area contributed by atoms with Gasteiger partial charge < -0.3 is 15.0 Å². The highest BCUT2D eigenvalue weighted by molar-refractivity contribution is 5.67. The fourth-order valence-corrected chi connectivity index (χ4v) is 1.83. The Hall–Kier alpha value is -0.770. The molecule has 0 aromatic heterocycles. The van der Waals surface area contributed by atoms with Gasteiger partial charge in [0.05, 0.1) is 0 Å². The van der Waals surface area contributed by atoms with Crippen molar-refractivity contribution in [2.24, 2.45) is 0 Å². The zero-order valence-corrected chi connectivity index (χ0v) is 14.1. The lowest BCUT2D eigenvalue weighted by Gasteiger charge is -2.24. The van der Waals surface area contributed by atoms with Crippen molar-refractivity contribution >= 4 is 6.09 Å². The minimum atomic E-state index is -0.419. The summed E-state index contributed by atoms with van der Waals surface area (Å²) in [6.45, 7) is 10.4. The number of carbonyl (C=O) groups is 1. The molecule has 0 saturated carbocycles. The van der Waals surface area contributed by atoms with E-state index in [1.807, 2.05) is 20.8 Å². The summed E-state index contributed by atoms with van der Waals surface area (Å²) in [5.74, 6) is 0. The Kier molecular flexibility index (Phi) is 10.5. The van der Waals surface area contributed by atoms with Crippen LogP contribution in [0.2, 0.25) is 0 Å². The van der Waals surface area contributed by atoms with E-state index in [1.165, 1.54) is 38.5 Å². The monoisotopic (exact) mass is 286 g/mol. The molecule has 0 bridgehead atoms. The lowest BCUT2D eigenvalue weighted by Crippen LogP contribution is -2.38. The molecular formula is C16H34N2O2. The Morgan fingerprint density at radius 2 is 1.65 bits per heavy atom. The molecule has 20 heavy (non-hydrogen) atoms. The number of amides is 1. The first-order valence-corrected chi connectivity index (χ1v) is 8.01. The Morgan fingerprint density at radius 1 is 1.05 bits per heavy atom. The molecule has 0 heterocycles. The summed E-state index contributed by atoms with van der Waals surface area (Å²) in [4.78, 5) is 13.3. The molecule has 4 heteroatoms. The molecule has 0 saturated heterocycles. The van der Waals surface area contributed by atoms with Gasteiger partial charge in [0.1, 0.15) is 5.60 Å². The molecule has 0 fully saturated rings. The number of hydrogen-bond donors (Lipinski definition) is 1. The van der Waals surface area contributed by atoms with Crippen LogP contribution in [0.1, 0.15) is 66.2 Å². The van der Waals surface area contributed by atoms with Crippen LogP contribution in [-0.2, 0) is 4.74 Å². The second-order valence-electron chi connectivity index (χ2n) is 6.42. The van der Waals surface area contributed by atoms with E-state index >= 15 is 0 Å². The average molecular weight is 286 g/mol. The predicted molar refractivity (Wildman–Crippen MR) is 85.1 cm³/mol. The van der Waals surface area contributed by atoms with Gasteiger partial charge in [-0.2, -0.15) is 0 Å². The number of nitrogens with one attached hydrogen (secondary N) is 1. The van der Waals surface area contributed by atoms with Gasteiger partial charge >= 0.3 is 6.09 Å². The summed E-state index contributed by atoms with van der Waals surface area (Å²) in [5.41, 5.74) is -0.419. The van der Waals surface area contributed by atoms with Gasteiger partial charge in [0, 0.05) is 20.1 Å². The number of ether oxygens (including phenoxy) is 1. The number of carbonyl (C=O) groups excluding carboxylic acids is 1. The number of hydrogen-bond acceptors (Lipinski definition) is 3. The van der Waals surface area contributed by atoms with Crippen LogP contribution in [0.25, 0.3) is 0 Å². The van der Waals surface area contributed by atoms with Crippen LogP contribution >= 0.6 is 0 Å². The molecule has 0 aromatic rings. The van der Waals surface area contributed by atoms with Crippen LogP contribution in [0.5, 0.6) is 0 Å². The number of rotatable bonds is 10. The van der Waals surface area contributed by atoms with E-state index in [-0.39, 0.29) is 6.09 Å². The molecule has 0 aromatic carbocycles. The van der Waals surface area contributed by atoms with Crippen LogP contribution in [0.3, 0.4) is 0 Å². The van der Waals surface area contributed by atoms with Gasteiger partial charge in [-0.3, -0.25) is 0 Å². The lowest BCUT2D eigenvalue weighted by atomic mass is 10.1. The Balaban J connectivity index is 3.44. The molecule has 0 aliphatic carbocycles. The molecule has 1 amide bonds. The topological polar surface area (TPSA) is 41.6 Å². The molecule has 0 spiro atoms. The van der Waals surface area contributed by atoms with Crippen molar-refractivity contribution in [1.82, 2.24) is 10.2 Å². The van der Waals surface area contributed by atoms with E-state index in [4.69, 9.17) is 4.74 Å². The molecule has 0 radical (unpaired) electrons. The van der Waals surface area contributed by atoms with E-state index in [2.05, 4.69) is 12.2 Å². The summed E-state index contributed by atoms with van der Waals surface area (Å²) in [7, 11) is 1.78. The Morgan fingerprint density at radius 3 is 2.25 bits per heavy atom. The maximum Gasteiger partial charge on any atom is 0.410 e. The van der Waals surface area contributed by atoms with Crippen molar-refractivity contribution in [1.29, 1.82) is 0 Å². The minimum Gasteiger partial charge on any atom is -0.444 e. The quantitative estimate of drug-likeness (QED) is 0.621. The average Bonchev–Trinajstić information content (AvgIpc) is 2.34. The van der Waals surface area contributed by atoms with Crippen molar-refractivity contribution in [3.63, 3.8) is 0 Å². The van der Waals surface area contributed by atoms with E-state index in [1.54, 1.807) is 11.9 Å². The largest absolute Gasteiger partial charge is 0.444 e. The highest BCUT2D eigenvalue weighted by Crippen LogP contribution is 2.08. The highest BCUT2D eigenvalue weighted by Gasteiger charge is 2.18. The first kappa shape index (κ1) is 19.2. The van der Waals surface area contributed by atoms with E-state index < -0.39 is 5.60 Å². The molecule has 4 nitrogen and oxygen atoms in total. The van der Waals surface area contributed by atoms with Gasteiger partial charge in [-0.15, -0.1) is 0 Å². The minimum absolute atomic E-state index is 0.251. The second kappa shape index (κ2) is 11.0. The number of nitrogens with zero attached hydrogens (tertiary/aromatic N) is 1. The third kappa shape index (κ3) is 12.3. The van der Waals surface area contributed by atoms with Gasteiger partial charge in [-0.05, 0) is 33.7 Å². The molecule has 0 aliphatic rings. The van der Waals surface area contributed by atoms with Crippen LogP contribution in [0.4, 0.5) is 4.79 Å². The van der Waals surface area contributed by atoms with Crippen molar-refractivity contribution in [3.8, 4) is 0 Å². The fourth-order valence-electron chi connectivity index (χ4n) is 1.83. The highest BCUT2D eigenvalue weighted by atomic mass is 16.6. The second-order valence-corrected chi connectivity index (χ2v) is 6.42. The Labute approximate surface area is 125 Å². The van der Waals surface area contributed by atoms with Crippen LogP contribution < -0.4 is 5.32 Å². The van der Waals surface area contributed by atoms with E-state index in [0.29, 0.717) is 6.54 Å². The maximum atomic E-state index is 11.7. The SMILES string of the molecule is CCCCCCCCNCCN(C)C(=O)OC(C)(C)C. The molecule has 1 N–H and O–H groups in total. The van der Waals surface area contributed by atoms with Crippen molar-refractivity contribution < 1.29 is 9.53 Å². The zero-order chi connectivity index (χ0) is 15.4. The molecule has 0 rings (SSSR count). The third-order valence-electron chi connectivity index (χ3n) is 3.04. The molecule has 0 aliphatic heterocycles.